The molecule has 3 heteroatoms. The lowest BCUT2D eigenvalue weighted by atomic mass is 9.88. The standard InChI is InChI=1S/C15H16N2S/c1-2-4-13-12(3-1)14-9-16-10-17(14)15(13)11-5-7-18-8-6-11/h1-4,9-11,15H,5-8H2. The predicted molar refractivity (Wildman–Crippen MR) is 75.9 cm³/mol. The molecule has 2 nitrogen and oxygen atoms in total. The van der Waals surface area contributed by atoms with E-state index in [0.29, 0.717) is 6.04 Å². The zero-order valence-electron chi connectivity index (χ0n) is 10.2. The van der Waals surface area contributed by atoms with Gasteiger partial charge in [0.1, 0.15) is 0 Å². The first-order chi connectivity index (χ1) is 8.95. The van der Waals surface area contributed by atoms with Crippen LogP contribution in [0.2, 0.25) is 0 Å². The minimum Gasteiger partial charge on any atom is -0.323 e. The van der Waals surface area contributed by atoms with E-state index in [-0.39, 0.29) is 0 Å². The van der Waals surface area contributed by atoms with E-state index in [4.69, 9.17) is 0 Å². The summed E-state index contributed by atoms with van der Waals surface area (Å²) >= 11 is 2.10. The van der Waals surface area contributed by atoms with Gasteiger partial charge in [-0.1, -0.05) is 24.3 Å². The van der Waals surface area contributed by atoms with Crippen LogP contribution in [0.15, 0.2) is 36.8 Å². The fourth-order valence-corrected chi connectivity index (χ4v) is 4.53. The Balaban J connectivity index is 1.83. The molecule has 0 N–H and O–H groups in total. The van der Waals surface area contributed by atoms with Crippen molar-refractivity contribution in [3.63, 3.8) is 0 Å². The maximum atomic E-state index is 4.35. The summed E-state index contributed by atoms with van der Waals surface area (Å²) in [6.45, 7) is 0. The molecule has 1 aromatic heterocycles. The zero-order valence-corrected chi connectivity index (χ0v) is 11.1. The van der Waals surface area contributed by atoms with Gasteiger partial charge in [0, 0.05) is 5.56 Å². The highest BCUT2D eigenvalue weighted by atomic mass is 32.2. The van der Waals surface area contributed by atoms with E-state index in [1.54, 1.807) is 0 Å². The second-order valence-electron chi connectivity index (χ2n) is 5.17. The number of rotatable bonds is 1. The van der Waals surface area contributed by atoms with Crippen LogP contribution in [0.1, 0.15) is 24.4 Å². The smallest absolute Gasteiger partial charge is 0.0956 e. The average molecular weight is 256 g/mol. The van der Waals surface area contributed by atoms with Gasteiger partial charge in [0.2, 0.25) is 0 Å². The molecule has 1 aromatic carbocycles. The molecule has 1 saturated heterocycles. The van der Waals surface area contributed by atoms with Crippen LogP contribution >= 0.6 is 11.8 Å². The molecular weight excluding hydrogens is 240 g/mol. The minimum absolute atomic E-state index is 0.527. The lowest BCUT2D eigenvalue weighted by Crippen LogP contribution is -2.21. The van der Waals surface area contributed by atoms with Crippen LogP contribution in [0.3, 0.4) is 0 Å². The van der Waals surface area contributed by atoms with Gasteiger partial charge in [-0.25, -0.2) is 4.98 Å². The third-order valence-electron chi connectivity index (χ3n) is 4.23. The molecule has 92 valence electrons. The van der Waals surface area contributed by atoms with Gasteiger partial charge in [-0.2, -0.15) is 11.8 Å². The van der Waals surface area contributed by atoms with Gasteiger partial charge >= 0.3 is 0 Å². The molecule has 1 atom stereocenters. The molecule has 0 amide bonds. The van der Waals surface area contributed by atoms with Gasteiger partial charge in [0.25, 0.3) is 0 Å². The predicted octanol–water partition coefficient (Wildman–Crippen LogP) is 3.60. The Morgan fingerprint density at radius 2 is 2.00 bits per heavy atom. The number of benzene rings is 1. The Labute approximate surface area is 111 Å². The summed E-state index contributed by atoms with van der Waals surface area (Å²) in [5, 5.41) is 0. The van der Waals surface area contributed by atoms with Crippen LogP contribution in [0, 0.1) is 5.92 Å². The number of hydrogen-bond acceptors (Lipinski definition) is 2. The van der Waals surface area contributed by atoms with Crippen LogP contribution in [0.4, 0.5) is 0 Å². The minimum atomic E-state index is 0.527. The van der Waals surface area contributed by atoms with E-state index in [0.717, 1.165) is 5.92 Å². The van der Waals surface area contributed by atoms with Crippen molar-refractivity contribution < 1.29 is 0 Å². The van der Waals surface area contributed by atoms with Crippen molar-refractivity contribution in [3.8, 4) is 11.3 Å². The third kappa shape index (κ3) is 1.46. The molecule has 2 aromatic rings. The average Bonchev–Trinajstić information content (AvgIpc) is 2.99. The van der Waals surface area contributed by atoms with E-state index in [2.05, 4.69) is 45.6 Å². The van der Waals surface area contributed by atoms with Crippen LogP contribution in [-0.4, -0.2) is 21.1 Å². The second-order valence-corrected chi connectivity index (χ2v) is 6.39. The highest BCUT2D eigenvalue weighted by Crippen LogP contribution is 2.46. The van der Waals surface area contributed by atoms with Gasteiger partial charge in [0.05, 0.1) is 24.3 Å². The lowest BCUT2D eigenvalue weighted by molar-refractivity contribution is 0.365. The Hall–Kier alpha value is -1.22. The maximum absolute atomic E-state index is 4.35. The number of hydrogen-bond donors (Lipinski definition) is 0. The summed E-state index contributed by atoms with van der Waals surface area (Å²) < 4.78 is 2.39. The first-order valence-electron chi connectivity index (χ1n) is 6.64. The molecule has 18 heavy (non-hydrogen) atoms. The number of imidazole rings is 1. The van der Waals surface area contributed by atoms with Crippen molar-refractivity contribution in [2.75, 3.05) is 11.5 Å². The molecule has 3 heterocycles. The van der Waals surface area contributed by atoms with Crippen molar-refractivity contribution in [1.82, 2.24) is 9.55 Å². The van der Waals surface area contributed by atoms with Crippen molar-refractivity contribution in [2.45, 2.75) is 18.9 Å². The number of aromatic nitrogens is 2. The quantitative estimate of drug-likeness (QED) is 0.776. The second kappa shape index (κ2) is 4.16. The lowest BCUT2D eigenvalue weighted by Gasteiger charge is -2.29. The van der Waals surface area contributed by atoms with Crippen molar-refractivity contribution in [1.29, 1.82) is 0 Å². The van der Waals surface area contributed by atoms with Crippen LogP contribution in [0.5, 0.6) is 0 Å². The highest BCUT2D eigenvalue weighted by Gasteiger charge is 2.34. The summed E-state index contributed by atoms with van der Waals surface area (Å²) in [5.41, 5.74) is 4.19. The summed E-state index contributed by atoms with van der Waals surface area (Å²) in [4.78, 5) is 4.35. The van der Waals surface area contributed by atoms with E-state index in [1.807, 2.05) is 12.5 Å². The molecule has 1 unspecified atom stereocenters. The molecule has 2 aliphatic heterocycles. The van der Waals surface area contributed by atoms with Gasteiger partial charge in [-0.15, -0.1) is 0 Å². The molecule has 2 aliphatic rings. The number of fused-ring (bicyclic) bond motifs is 3. The van der Waals surface area contributed by atoms with E-state index < -0.39 is 0 Å². The number of nitrogens with zero attached hydrogens (tertiary/aromatic N) is 2. The van der Waals surface area contributed by atoms with E-state index >= 15 is 0 Å². The first-order valence-corrected chi connectivity index (χ1v) is 7.79. The van der Waals surface area contributed by atoms with Gasteiger partial charge in [0.15, 0.2) is 0 Å². The van der Waals surface area contributed by atoms with Crippen LogP contribution < -0.4 is 0 Å². The van der Waals surface area contributed by atoms with Gasteiger partial charge in [-0.05, 0) is 35.8 Å². The Morgan fingerprint density at radius 1 is 1.17 bits per heavy atom. The zero-order chi connectivity index (χ0) is 11.9. The molecule has 4 rings (SSSR count). The molecule has 0 radical (unpaired) electrons. The molecular formula is C15H16N2S. The van der Waals surface area contributed by atoms with Gasteiger partial charge < -0.3 is 4.57 Å². The van der Waals surface area contributed by atoms with E-state index in [1.165, 1.54) is 41.2 Å². The maximum Gasteiger partial charge on any atom is 0.0956 e. The summed E-state index contributed by atoms with van der Waals surface area (Å²) in [7, 11) is 0. The van der Waals surface area contributed by atoms with Gasteiger partial charge in [-0.3, -0.25) is 0 Å². The Bertz CT molecular complexity index is 569. The fourth-order valence-electron chi connectivity index (χ4n) is 3.39. The Kier molecular flexibility index (Phi) is 2.47. The highest BCUT2D eigenvalue weighted by molar-refractivity contribution is 7.99. The fraction of sp³-hybridized carbons (Fsp3) is 0.400. The molecule has 0 bridgehead atoms. The van der Waals surface area contributed by atoms with Crippen molar-refractivity contribution in [2.24, 2.45) is 5.92 Å². The molecule has 0 spiro atoms. The third-order valence-corrected chi connectivity index (χ3v) is 5.28. The Morgan fingerprint density at radius 3 is 2.89 bits per heavy atom. The van der Waals surface area contributed by atoms with E-state index in [9.17, 15) is 0 Å². The first kappa shape index (κ1) is 10.7. The van der Waals surface area contributed by atoms with Crippen LogP contribution in [0.25, 0.3) is 11.3 Å². The largest absolute Gasteiger partial charge is 0.323 e. The van der Waals surface area contributed by atoms with Crippen molar-refractivity contribution >= 4 is 11.8 Å². The SMILES string of the molecule is c1ccc2c(c1)-c1cncn1C2C1CCSCC1. The monoisotopic (exact) mass is 256 g/mol. The normalized spacial score (nSPS) is 22.8. The van der Waals surface area contributed by atoms with Crippen molar-refractivity contribution in [3.05, 3.63) is 42.4 Å². The topological polar surface area (TPSA) is 17.8 Å². The summed E-state index contributed by atoms with van der Waals surface area (Å²) in [6, 6.07) is 9.37. The summed E-state index contributed by atoms with van der Waals surface area (Å²) in [6.07, 6.45) is 6.70. The number of thioether (sulfide) groups is 1. The summed E-state index contributed by atoms with van der Waals surface area (Å²) in [5.74, 6) is 3.41. The molecule has 1 fully saturated rings. The van der Waals surface area contributed by atoms with Crippen LogP contribution in [-0.2, 0) is 0 Å². The molecule has 0 saturated carbocycles. The molecule has 0 aliphatic carbocycles.